The van der Waals surface area contributed by atoms with Crippen molar-refractivity contribution in [2.75, 3.05) is 6.54 Å². The Morgan fingerprint density at radius 3 is 2.40 bits per heavy atom. The fourth-order valence-electron chi connectivity index (χ4n) is 4.51. The molecule has 1 spiro atoms. The van der Waals surface area contributed by atoms with Crippen LogP contribution < -0.4 is 0 Å². The molecule has 0 saturated carbocycles. The Balaban J connectivity index is 2.07. The monoisotopic (exact) mass is 345 g/mol. The zero-order valence-electron chi connectivity index (χ0n) is 13.9. The first-order valence-corrected chi connectivity index (χ1v) is 8.29. The molecule has 1 fully saturated rings. The molecule has 1 aromatic carbocycles. The summed E-state index contributed by atoms with van der Waals surface area (Å²) in [5, 5.41) is 33.6. The number of rotatable bonds is 3. The van der Waals surface area contributed by atoms with Gasteiger partial charge in [0.05, 0.1) is 5.57 Å². The minimum atomic E-state index is -2.67. The average molecular weight is 345 g/mol. The van der Waals surface area contributed by atoms with E-state index in [1.165, 1.54) is 19.1 Å². The number of carbonyl (C=O) groups is 2. The number of aliphatic hydroxyl groups is 3. The van der Waals surface area contributed by atoms with Crippen LogP contribution in [-0.4, -0.2) is 44.0 Å². The summed E-state index contributed by atoms with van der Waals surface area (Å²) >= 11 is 0. The third kappa shape index (κ3) is 1.48. The summed E-state index contributed by atoms with van der Waals surface area (Å²) in [6.45, 7) is 3.45. The Morgan fingerprint density at radius 2 is 1.76 bits per heavy atom. The zero-order chi connectivity index (χ0) is 18.2. The summed E-state index contributed by atoms with van der Waals surface area (Å²) in [5.74, 6) is -6.60. The first-order chi connectivity index (χ1) is 11.7. The molecule has 0 radical (unpaired) electrons. The number of fused-ring (bicyclic) bond motifs is 2. The standard InChI is InChI=1S/C18H19NO6/c1-3-4-9-19-15(21)14(20)13-10(2)25-18(24)12-8-6-5-7-11(12)17(22,23)16(13,18)19/h5-8,22-24H,3-4,9H2,1-2H3/t16-,18-/m0/s1. The third-order valence-corrected chi connectivity index (χ3v) is 5.48. The van der Waals surface area contributed by atoms with Crippen LogP contribution in [0.5, 0.6) is 0 Å². The van der Waals surface area contributed by atoms with E-state index in [4.69, 9.17) is 4.74 Å². The van der Waals surface area contributed by atoms with Crippen molar-refractivity contribution in [3.05, 3.63) is 46.7 Å². The molecule has 7 heteroatoms. The van der Waals surface area contributed by atoms with Crippen LogP contribution in [-0.2, 0) is 25.9 Å². The Morgan fingerprint density at radius 1 is 1.12 bits per heavy atom. The topological polar surface area (TPSA) is 107 Å². The lowest BCUT2D eigenvalue weighted by Gasteiger charge is -2.45. The highest BCUT2D eigenvalue weighted by molar-refractivity contribution is 6.46. The predicted octanol–water partition coefficient (Wildman–Crippen LogP) is 0.237. The number of ether oxygens (including phenoxy) is 1. The summed E-state index contributed by atoms with van der Waals surface area (Å²) in [6.07, 6.45) is 1.26. The van der Waals surface area contributed by atoms with Gasteiger partial charge in [0.15, 0.2) is 0 Å². The number of carbonyl (C=O) groups excluding carboxylic acids is 2. The maximum atomic E-state index is 12.6. The molecule has 3 N–H and O–H groups in total. The van der Waals surface area contributed by atoms with Crippen LogP contribution >= 0.6 is 0 Å². The molecule has 4 rings (SSSR count). The maximum Gasteiger partial charge on any atom is 0.295 e. The van der Waals surface area contributed by atoms with Crippen molar-refractivity contribution in [1.29, 1.82) is 0 Å². The largest absolute Gasteiger partial charge is 0.459 e. The number of amides is 1. The van der Waals surface area contributed by atoms with Crippen molar-refractivity contribution >= 4 is 11.7 Å². The molecule has 1 amide bonds. The molecule has 2 aliphatic heterocycles. The number of unbranched alkanes of at least 4 members (excludes halogenated alkanes) is 1. The van der Waals surface area contributed by atoms with Crippen LogP contribution in [0.25, 0.3) is 0 Å². The van der Waals surface area contributed by atoms with E-state index in [0.29, 0.717) is 6.42 Å². The van der Waals surface area contributed by atoms with Gasteiger partial charge in [0.2, 0.25) is 11.3 Å². The lowest BCUT2D eigenvalue weighted by molar-refractivity contribution is -0.315. The van der Waals surface area contributed by atoms with Crippen LogP contribution in [0.4, 0.5) is 0 Å². The Kier molecular flexibility index (Phi) is 3.05. The minimum Gasteiger partial charge on any atom is -0.459 e. The van der Waals surface area contributed by atoms with Crippen LogP contribution in [0.1, 0.15) is 37.8 Å². The van der Waals surface area contributed by atoms with Crippen LogP contribution in [0.2, 0.25) is 0 Å². The van der Waals surface area contributed by atoms with E-state index in [2.05, 4.69) is 0 Å². The highest BCUT2D eigenvalue weighted by atomic mass is 16.6. The van der Waals surface area contributed by atoms with Gasteiger partial charge in [-0.05, 0) is 13.3 Å². The van der Waals surface area contributed by atoms with Crippen LogP contribution in [0.3, 0.4) is 0 Å². The van der Waals surface area contributed by atoms with Crippen molar-refractivity contribution in [2.24, 2.45) is 0 Å². The molecule has 2 atom stereocenters. The number of ketones is 1. The Labute approximate surface area is 144 Å². The summed E-state index contributed by atoms with van der Waals surface area (Å²) in [7, 11) is 0. The molecular formula is C18H19NO6. The third-order valence-electron chi connectivity index (χ3n) is 5.48. The zero-order valence-corrected chi connectivity index (χ0v) is 13.9. The fourth-order valence-corrected chi connectivity index (χ4v) is 4.51. The first-order valence-electron chi connectivity index (χ1n) is 8.29. The Bertz CT molecular complexity index is 844. The molecule has 0 bridgehead atoms. The van der Waals surface area contributed by atoms with E-state index in [1.807, 2.05) is 6.92 Å². The van der Waals surface area contributed by atoms with Crippen molar-refractivity contribution in [1.82, 2.24) is 4.90 Å². The molecule has 0 unspecified atom stereocenters. The van der Waals surface area contributed by atoms with Gasteiger partial charge in [-0.15, -0.1) is 0 Å². The smallest absolute Gasteiger partial charge is 0.295 e. The van der Waals surface area contributed by atoms with E-state index in [0.717, 1.165) is 11.3 Å². The van der Waals surface area contributed by atoms with Gasteiger partial charge in [-0.25, -0.2) is 0 Å². The molecular weight excluding hydrogens is 326 g/mol. The van der Waals surface area contributed by atoms with Gasteiger partial charge in [0, 0.05) is 17.7 Å². The van der Waals surface area contributed by atoms with E-state index in [-0.39, 0.29) is 29.0 Å². The number of allylic oxidation sites excluding steroid dienone is 1. The van der Waals surface area contributed by atoms with E-state index in [9.17, 15) is 24.9 Å². The van der Waals surface area contributed by atoms with Crippen LogP contribution in [0, 0.1) is 0 Å². The van der Waals surface area contributed by atoms with Gasteiger partial charge in [-0.1, -0.05) is 37.6 Å². The molecule has 132 valence electrons. The second-order valence-corrected chi connectivity index (χ2v) is 6.74. The molecule has 1 aromatic rings. The van der Waals surface area contributed by atoms with Gasteiger partial charge in [0.1, 0.15) is 5.76 Å². The summed E-state index contributed by atoms with van der Waals surface area (Å²) < 4.78 is 5.62. The highest BCUT2D eigenvalue weighted by Gasteiger charge is 2.84. The molecule has 1 aliphatic carbocycles. The van der Waals surface area contributed by atoms with Crippen molar-refractivity contribution < 1.29 is 29.6 Å². The summed E-state index contributed by atoms with van der Waals surface area (Å²) in [4.78, 5) is 26.3. The van der Waals surface area contributed by atoms with Crippen molar-refractivity contribution in [2.45, 2.75) is 43.8 Å². The Hall–Kier alpha value is -2.22. The summed E-state index contributed by atoms with van der Waals surface area (Å²) in [5.41, 5.74) is -2.13. The quantitative estimate of drug-likeness (QED) is 0.535. The second-order valence-electron chi connectivity index (χ2n) is 6.74. The molecule has 25 heavy (non-hydrogen) atoms. The highest BCUT2D eigenvalue weighted by Crippen LogP contribution is 2.66. The molecule has 0 aromatic heterocycles. The lowest BCUT2D eigenvalue weighted by Crippen LogP contribution is -2.66. The number of hydrogen-bond acceptors (Lipinski definition) is 6. The lowest BCUT2D eigenvalue weighted by atomic mass is 9.79. The van der Waals surface area contributed by atoms with E-state index in [1.54, 1.807) is 12.1 Å². The fraction of sp³-hybridized carbons (Fsp3) is 0.444. The molecule has 3 aliphatic rings. The normalized spacial score (nSPS) is 32.0. The number of benzene rings is 1. The number of hydrogen-bond donors (Lipinski definition) is 3. The maximum absolute atomic E-state index is 12.6. The molecule has 2 heterocycles. The SMILES string of the molecule is CCCCN1C(=O)C(=O)C2=C(C)O[C@@]3(O)c4ccccc4C(O)(O)[C@]213. The molecule has 1 saturated heterocycles. The van der Waals surface area contributed by atoms with E-state index >= 15 is 0 Å². The van der Waals surface area contributed by atoms with Gasteiger partial charge < -0.3 is 25.0 Å². The number of likely N-dealkylation sites (tertiary alicyclic amines) is 1. The van der Waals surface area contributed by atoms with Gasteiger partial charge >= 0.3 is 0 Å². The first kappa shape index (κ1) is 16.3. The van der Waals surface area contributed by atoms with Crippen molar-refractivity contribution in [3.8, 4) is 0 Å². The number of nitrogens with zero attached hydrogens (tertiary/aromatic N) is 1. The predicted molar refractivity (Wildman–Crippen MR) is 84.6 cm³/mol. The van der Waals surface area contributed by atoms with E-state index < -0.39 is 28.8 Å². The van der Waals surface area contributed by atoms with Gasteiger partial charge in [-0.2, -0.15) is 0 Å². The second kappa shape index (κ2) is 4.69. The average Bonchev–Trinajstić information content (AvgIpc) is 3.02. The number of Topliss-reactive ketones (excluding diaryl/α,β-unsaturated/α-hetero) is 1. The van der Waals surface area contributed by atoms with Crippen LogP contribution in [0.15, 0.2) is 35.6 Å². The minimum absolute atomic E-state index is 0.0199. The van der Waals surface area contributed by atoms with Crippen molar-refractivity contribution in [3.63, 3.8) is 0 Å². The van der Waals surface area contributed by atoms with Gasteiger partial charge in [-0.3, -0.25) is 9.59 Å². The summed E-state index contributed by atoms with van der Waals surface area (Å²) in [6, 6.07) is 6.17. The molecule has 7 nitrogen and oxygen atoms in total. The van der Waals surface area contributed by atoms with Gasteiger partial charge in [0.25, 0.3) is 17.5 Å².